The minimum absolute atomic E-state index is 0.112. The lowest BCUT2D eigenvalue weighted by molar-refractivity contribution is 0.663. The van der Waals surface area contributed by atoms with Crippen LogP contribution in [-0.4, -0.2) is 19.2 Å². The number of nitrogens with zero attached hydrogens (tertiary/aromatic N) is 3. The highest BCUT2D eigenvalue weighted by molar-refractivity contribution is 5.79. The Kier molecular flexibility index (Phi) is 2.29. The zero-order valence-electron chi connectivity index (χ0n) is 9.88. The Morgan fingerprint density at radius 3 is 2.83 bits per heavy atom. The number of H-pyrrole nitrogens is 1. The summed E-state index contributed by atoms with van der Waals surface area (Å²) < 4.78 is 2.96. The third kappa shape index (κ3) is 1.32. The number of hydrogen-bond acceptors (Lipinski definition) is 3. The molecule has 2 aromatic heterocycles. The molecule has 1 aromatic carbocycles. The molecule has 3 rings (SSSR count). The summed E-state index contributed by atoms with van der Waals surface area (Å²) >= 11 is 0. The highest BCUT2D eigenvalue weighted by Crippen LogP contribution is 2.10. The van der Waals surface area contributed by atoms with Crippen molar-refractivity contribution in [1.82, 2.24) is 19.2 Å². The Balaban J connectivity index is 2.64. The van der Waals surface area contributed by atoms with Crippen molar-refractivity contribution in [3.63, 3.8) is 0 Å². The summed E-state index contributed by atoms with van der Waals surface area (Å²) in [7, 11) is 0. The van der Waals surface area contributed by atoms with E-state index in [1.807, 2.05) is 6.92 Å². The van der Waals surface area contributed by atoms with Crippen molar-refractivity contribution < 1.29 is 0 Å². The molecule has 0 saturated carbocycles. The zero-order chi connectivity index (χ0) is 12.7. The molecule has 0 atom stereocenters. The predicted molar refractivity (Wildman–Crippen MR) is 67.9 cm³/mol. The standard InChI is InChI=1S/C12H12N4O2/c1-2-7-15-10(17)8-5-3-4-6-9(8)16-11(15)13-14-12(16)18/h3-6H,2,7H2,1H3,(H,14,18). The second kappa shape index (κ2) is 3.83. The summed E-state index contributed by atoms with van der Waals surface area (Å²) in [5.41, 5.74) is 0.147. The minimum Gasteiger partial charge on any atom is -0.276 e. The van der Waals surface area contributed by atoms with E-state index in [0.29, 0.717) is 23.2 Å². The Hall–Kier alpha value is -2.37. The van der Waals surface area contributed by atoms with Crippen molar-refractivity contribution in [2.75, 3.05) is 0 Å². The molecule has 0 aliphatic carbocycles. The van der Waals surface area contributed by atoms with Crippen molar-refractivity contribution >= 4 is 16.7 Å². The van der Waals surface area contributed by atoms with Crippen molar-refractivity contribution in [1.29, 1.82) is 0 Å². The van der Waals surface area contributed by atoms with Gasteiger partial charge in [-0.15, -0.1) is 5.10 Å². The third-order valence-electron chi connectivity index (χ3n) is 2.96. The maximum Gasteiger partial charge on any atom is 0.349 e. The van der Waals surface area contributed by atoms with Gasteiger partial charge in [0.2, 0.25) is 5.78 Å². The number of hydrogen-bond donors (Lipinski definition) is 1. The number of para-hydroxylation sites is 1. The fourth-order valence-corrected chi connectivity index (χ4v) is 2.20. The van der Waals surface area contributed by atoms with Gasteiger partial charge in [-0.1, -0.05) is 19.1 Å². The van der Waals surface area contributed by atoms with Gasteiger partial charge in [0.25, 0.3) is 5.56 Å². The summed E-state index contributed by atoms with van der Waals surface area (Å²) in [6.07, 6.45) is 0.801. The van der Waals surface area contributed by atoms with Crippen molar-refractivity contribution in [3.8, 4) is 0 Å². The number of rotatable bonds is 2. The molecule has 0 unspecified atom stereocenters. The molecule has 0 aliphatic rings. The molecule has 0 radical (unpaired) electrons. The highest BCUT2D eigenvalue weighted by atomic mass is 16.2. The van der Waals surface area contributed by atoms with Gasteiger partial charge in [-0.3, -0.25) is 9.36 Å². The normalized spacial score (nSPS) is 11.4. The van der Waals surface area contributed by atoms with Crippen molar-refractivity contribution in [3.05, 3.63) is 45.1 Å². The van der Waals surface area contributed by atoms with Crippen LogP contribution in [0.2, 0.25) is 0 Å². The van der Waals surface area contributed by atoms with Crippen LogP contribution in [0.25, 0.3) is 16.7 Å². The highest BCUT2D eigenvalue weighted by Gasteiger charge is 2.12. The molecule has 0 saturated heterocycles. The van der Waals surface area contributed by atoms with Gasteiger partial charge in [-0.25, -0.2) is 14.3 Å². The second-order valence-corrected chi connectivity index (χ2v) is 4.14. The van der Waals surface area contributed by atoms with Crippen LogP contribution < -0.4 is 11.2 Å². The molecule has 18 heavy (non-hydrogen) atoms. The van der Waals surface area contributed by atoms with E-state index in [0.717, 1.165) is 6.42 Å². The molecule has 0 aliphatic heterocycles. The molecular formula is C12H12N4O2. The van der Waals surface area contributed by atoms with Gasteiger partial charge in [0.05, 0.1) is 10.9 Å². The van der Waals surface area contributed by atoms with E-state index >= 15 is 0 Å². The van der Waals surface area contributed by atoms with Gasteiger partial charge in [0, 0.05) is 6.54 Å². The fraction of sp³-hybridized carbons (Fsp3) is 0.250. The molecule has 0 amide bonds. The Bertz CT molecular complexity index is 841. The van der Waals surface area contributed by atoms with Crippen LogP contribution in [0.5, 0.6) is 0 Å². The van der Waals surface area contributed by atoms with E-state index in [1.165, 1.54) is 8.97 Å². The Morgan fingerprint density at radius 1 is 1.28 bits per heavy atom. The summed E-state index contributed by atoms with van der Waals surface area (Å²) in [4.78, 5) is 24.1. The van der Waals surface area contributed by atoms with Crippen molar-refractivity contribution in [2.45, 2.75) is 19.9 Å². The largest absolute Gasteiger partial charge is 0.349 e. The van der Waals surface area contributed by atoms with Crippen LogP contribution in [0, 0.1) is 0 Å². The minimum atomic E-state index is -0.328. The molecule has 92 valence electrons. The number of aryl methyl sites for hydroxylation is 1. The molecular weight excluding hydrogens is 232 g/mol. The summed E-state index contributed by atoms with van der Waals surface area (Å²) in [5, 5.41) is 6.86. The first-order valence-electron chi connectivity index (χ1n) is 5.82. The number of fused-ring (bicyclic) bond motifs is 3. The summed E-state index contributed by atoms with van der Waals surface area (Å²) in [6.45, 7) is 2.51. The van der Waals surface area contributed by atoms with Gasteiger partial charge in [0.1, 0.15) is 0 Å². The Labute approximate surface area is 101 Å². The van der Waals surface area contributed by atoms with E-state index < -0.39 is 0 Å². The van der Waals surface area contributed by atoms with E-state index in [-0.39, 0.29) is 11.2 Å². The van der Waals surface area contributed by atoms with Crippen LogP contribution >= 0.6 is 0 Å². The van der Waals surface area contributed by atoms with Gasteiger partial charge < -0.3 is 0 Å². The molecule has 3 aromatic rings. The Morgan fingerprint density at radius 2 is 2.06 bits per heavy atom. The molecule has 0 bridgehead atoms. The molecule has 0 spiro atoms. The summed E-state index contributed by atoms with van der Waals surface area (Å²) in [5.74, 6) is 0.366. The van der Waals surface area contributed by atoms with E-state index in [9.17, 15) is 9.59 Å². The van der Waals surface area contributed by atoms with Crippen LogP contribution in [0.3, 0.4) is 0 Å². The monoisotopic (exact) mass is 244 g/mol. The number of benzene rings is 1. The van der Waals surface area contributed by atoms with E-state index in [2.05, 4.69) is 10.2 Å². The van der Waals surface area contributed by atoms with Crippen LogP contribution in [0.1, 0.15) is 13.3 Å². The smallest absolute Gasteiger partial charge is 0.276 e. The van der Waals surface area contributed by atoms with Gasteiger partial charge >= 0.3 is 5.69 Å². The van der Waals surface area contributed by atoms with Gasteiger partial charge in [-0.2, -0.15) is 0 Å². The van der Waals surface area contributed by atoms with Crippen LogP contribution in [0.4, 0.5) is 0 Å². The maximum absolute atomic E-state index is 12.3. The lowest BCUT2D eigenvalue weighted by atomic mass is 10.2. The number of aromatic amines is 1. The van der Waals surface area contributed by atoms with Crippen LogP contribution in [-0.2, 0) is 6.54 Å². The average Bonchev–Trinajstić information content (AvgIpc) is 2.77. The van der Waals surface area contributed by atoms with E-state index in [4.69, 9.17) is 0 Å². The first kappa shape index (κ1) is 10.8. The van der Waals surface area contributed by atoms with E-state index in [1.54, 1.807) is 24.3 Å². The maximum atomic E-state index is 12.3. The van der Waals surface area contributed by atoms with Crippen molar-refractivity contribution in [2.24, 2.45) is 0 Å². The molecule has 6 heteroatoms. The SMILES string of the molecule is CCCn1c(=O)c2ccccc2n2c(=O)[nH]nc12. The van der Waals surface area contributed by atoms with Gasteiger partial charge in [-0.05, 0) is 18.6 Å². The van der Waals surface area contributed by atoms with Crippen LogP contribution in [0.15, 0.2) is 33.9 Å². The zero-order valence-corrected chi connectivity index (χ0v) is 9.88. The average molecular weight is 244 g/mol. The molecule has 0 fully saturated rings. The second-order valence-electron chi connectivity index (χ2n) is 4.14. The lowest BCUT2D eigenvalue weighted by Gasteiger charge is -2.07. The predicted octanol–water partition coefficient (Wildman–Crippen LogP) is 0.747. The third-order valence-corrected chi connectivity index (χ3v) is 2.96. The number of nitrogens with one attached hydrogen (secondary N) is 1. The molecule has 2 heterocycles. The fourth-order valence-electron chi connectivity index (χ4n) is 2.20. The topological polar surface area (TPSA) is 72.2 Å². The first-order valence-corrected chi connectivity index (χ1v) is 5.82. The number of aromatic nitrogens is 4. The summed E-state index contributed by atoms with van der Waals surface area (Å²) in [6, 6.07) is 7.06. The first-order chi connectivity index (χ1) is 8.74. The molecule has 1 N–H and O–H groups in total. The quantitative estimate of drug-likeness (QED) is 0.723. The lowest BCUT2D eigenvalue weighted by Crippen LogP contribution is -2.25. The molecule has 6 nitrogen and oxygen atoms in total. The van der Waals surface area contributed by atoms with Gasteiger partial charge in [0.15, 0.2) is 0 Å².